The molecule has 2 fully saturated rings. The number of amides is 3. The number of aromatic nitrogens is 2. The SMILES string of the molecule is NC(=O)C1CCN(C(=O)c2ccc(-c3cccc4cc(NC(=O)C5CC5)nn34)cc2)CC1. The number of nitrogens with zero attached hydrogens (tertiary/aromatic N) is 3. The van der Waals surface area contributed by atoms with E-state index in [1.807, 2.05) is 48.5 Å². The third-order valence-corrected chi connectivity index (χ3v) is 6.30. The van der Waals surface area contributed by atoms with Gasteiger partial charge in [0.05, 0.1) is 11.2 Å². The van der Waals surface area contributed by atoms with Gasteiger partial charge in [0, 0.05) is 42.1 Å². The maximum absolute atomic E-state index is 12.9. The van der Waals surface area contributed by atoms with Crippen molar-refractivity contribution < 1.29 is 14.4 Å². The van der Waals surface area contributed by atoms with Crippen LogP contribution in [0.2, 0.25) is 0 Å². The molecule has 1 aromatic carbocycles. The van der Waals surface area contributed by atoms with Crippen molar-refractivity contribution in [2.45, 2.75) is 25.7 Å². The number of primary amides is 1. The van der Waals surface area contributed by atoms with Crippen LogP contribution in [-0.4, -0.2) is 45.3 Å². The smallest absolute Gasteiger partial charge is 0.253 e. The highest BCUT2D eigenvalue weighted by atomic mass is 16.2. The molecule has 0 spiro atoms. The molecular weight excluding hydrogens is 406 g/mol. The van der Waals surface area contributed by atoms with Crippen LogP contribution in [0, 0.1) is 11.8 Å². The van der Waals surface area contributed by atoms with Crippen LogP contribution in [0.15, 0.2) is 48.5 Å². The third kappa shape index (κ3) is 3.95. The summed E-state index contributed by atoms with van der Waals surface area (Å²) in [7, 11) is 0. The topological polar surface area (TPSA) is 110 Å². The summed E-state index contributed by atoms with van der Waals surface area (Å²) in [6, 6.07) is 15.1. The van der Waals surface area contributed by atoms with E-state index in [4.69, 9.17) is 5.73 Å². The van der Waals surface area contributed by atoms with Gasteiger partial charge in [0.1, 0.15) is 0 Å². The molecule has 1 aliphatic heterocycles. The molecule has 0 radical (unpaired) electrons. The number of carbonyl (C=O) groups excluding carboxylic acids is 3. The van der Waals surface area contributed by atoms with Gasteiger partial charge in [-0.05, 0) is 49.9 Å². The molecule has 8 nitrogen and oxygen atoms in total. The zero-order chi connectivity index (χ0) is 22.2. The Kier molecular flexibility index (Phi) is 5.13. The first-order valence-corrected chi connectivity index (χ1v) is 11.0. The Hall–Kier alpha value is -3.68. The van der Waals surface area contributed by atoms with Crippen LogP contribution < -0.4 is 11.1 Å². The van der Waals surface area contributed by atoms with Crippen molar-refractivity contribution in [3.63, 3.8) is 0 Å². The Morgan fingerprint density at radius 3 is 2.31 bits per heavy atom. The van der Waals surface area contributed by atoms with Gasteiger partial charge in [-0.3, -0.25) is 14.4 Å². The van der Waals surface area contributed by atoms with Crippen molar-refractivity contribution in [2.75, 3.05) is 18.4 Å². The molecule has 32 heavy (non-hydrogen) atoms. The lowest BCUT2D eigenvalue weighted by Gasteiger charge is -2.30. The number of likely N-dealkylation sites (tertiary alicyclic amines) is 1. The van der Waals surface area contributed by atoms with Gasteiger partial charge in [0.2, 0.25) is 11.8 Å². The molecule has 3 aromatic rings. The second kappa shape index (κ2) is 8.11. The average molecular weight is 431 g/mol. The van der Waals surface area contributed by atoms with Crippen molar-refractivity contribution in [1.29, 1.82) is 0 Å². The second-order valence-electron chi connectivity index (χ2n) is 8.59. The number of pyridine rings is 1. The third-order valence-electron chi connectivity index (χ3n) is 6.30. The van der Waals surface area contributed by atoms with Crippen molar-refractivity contribution in [3.8, 4) is 11.3 Å². The molecule has 2 aromatic heterocycles. The van der Waals surface area contributed by atoms with Gasteiger partial charge >= 0.3 is 0 Å². The van der Waals surface area contributed by atoms with Crippen LogP contribution in [0.25, 0.3) is 16.8 Å². The zero-order valence-electron chi connectivity index (χ0n) is 17.7. The predicted octanol–water partition coefficient (Wildman–Crippen LogP) is 2.69. The summed E-state index contributed by atoms with van der Waals surface area (Å²) >= 11 is 0. The Morgan fingerprint density at radius 2 is 1.66 bits per heavy atom. The Labute approximate surface area is 185 Å². The highest BCUT2D eigenvalue weighted by Crippen LogP contribution is 2.30. The normalized spacial score (nSPS) is 16.8. The maximum atomic E-state index is 12.9. The van der Waals surface area contributed by atoms with Crippen molar-refractivity contribution in [1.82, 2.24) is 14.5 Å². The standard InChI is InChI=1S/C24H25N5O3/c25-22(30)16-10-12-28(13-11-16)24(32)18-8-4-15(5-9-18)20-3-1-2-19-14-21(27-29(19)20)26-23(31)17-6-7-17/h1-5,8-9,14,16-17H,6-7,10-13H2,(H2,25,30)(H,26,27,31). The fourth-order valence-electron chi connectivity index (χ4n) is 4.20. The number of carbonyl (C=O) groups is 3. The van der Waals surface area contributed by atoms with E-state index in [0.717, 1.165) is 29.6 Å². The Balaban J connectivity index is 1.33. The molecule has 1 saturated heterocycles. The van der Waals surface area contributed by atoms with Crippen molar-refractivity contribution in [2.24, 2.45) is 17.6 Å². The first-order chi connectivity index (χ1) is 15.5. The molecule has 8 heteroatoms. The molecule has 1 aliphatic carbocycles. The minimum Gasteiger partial charge on any atom is -0.369 e. The second-order valence-corrected chi connectivity index (χ2v) is 8.59. The van der Waals surface area contributed by atoms with Crippen molar-refractivity contribution >= 4 is 29.1 Å². The van der Waals surface area contributed by atoms with Crippen LogP contribution in [-0.2, 0) is 9.59 Å². The lowest BCUT2D eigenvalue weighted by Crippen LogP contribution is -2.41. The first-order valence-electron chi connectivity index (χ1n) is 11.0. The monoisotopic (exact) mass is 431 g/mol. The lowest BCUT2D eigenvalue weighted by molar-refractivity contribution is -0.123. The molecule has 1 saturated carbocycles. The fraction of sp³-hybridized carbons (Fsp3) is 0.333. The molecule has 3 N–H and O–H groups in total. The molecule has 2 aliphatic rings. The van der Waals surface area contributed by atoms with Gasteiger partial charge in [-0.25, -0.2) is 4.52 Å². The van der Waals surface area contributed by atoms with Crippen LogP contribution in [0.3, 0.4) is 0 Å². The van der Waals surface area contributed by atoms with Crippen LogP contribution in [0.4, 0.5) is 5.82 Å². The van der Waals surface area contributed by atoms with Crippen LogP contribution in [0.1, 0.15) is 36.0 Å². The molecule has 0 bridgehead atoms. The van der Waals surface area contributed by atoms with E-state index < -0.39 is 0 Å². The molecule has 5 rings (SSSR count). The highest BCUT2D eigenvalue weighted by molar-refractivity contribution is 5.95. The number of benzene rings is 1. The maximum Gasteiger partial charge on any atom is 0.253 e. The number of hydrogen-bond acceptors (Lipinski definition) is 4. The van der Waals surface area contributed by atoms with E-state index in [0.29, 0.717) is 37.3 Å². The van der Waals surface area contributed by atoms with Gasteiger partial charge in [-0.2, -0.15) is 0 Å². The van der Waals surface area contributed by atoms with E-state index in [-0.39, 0.29) is 29.6 Å². The van der Waals surface area contributed by atoms with Gasteiger partial charge in [0.15, 0.2) is 5.82 Å². The van der Waals surface area contributed by atoms with Gasteiger partial charge < -0.3 is 16.0 Å². The molecular formula is C24H25N5O3. The number of hydrogen-bond donors (Lipinski definition) is 2. The van der Waals surface area contributed by atoms with Gasteiger partial charge in [0.25, 0.3) is 5.91 Å². The van der Waals surface area contributed by atoms with Gasteiger partial charge in [-0.15, -0.1) is 5.10 Å². The van der Waals surface area contributed by atoms with E-state index in [2.05, 4.69) is 10.4 Å². The number of nitrogens with one attached hydrogen (secondary N) is 1. The van der Waals surface area contributed by atoms with E-state index in [1.54, 1.807) is 9.42 Å². The number of anilines is 1. The molecule has 0 unspecified atom stereocenters. The van der Waals surface area contributed by atoms with Gasteiger partial charge in [-0.1, -0.05) is 18.2 Å². The fourth-order valence-corrected chi connectivity index (χ4v) is 4.20. The summed E-state index contributed by atoms with van der Waals surface area (Å²) in [5, 5.41) is 7.46. The largest absolute Gasteiger partial charge is 0.369 e. The molecule has 164 valence electrons. The lowest BCUT2D eigenvalue weighted by atomic mass is 9.95. The van der Waals surface area contributed by atoms with E-state index in [1.165, 1.54) is 0 Å². The summed E-state index contributed by atoms with van der Waals surface area (Å²) in [5.74, 6) is 0.213. The minimum absolute atomic E-state index is 0.0256. The summed E-state index contributed by atoms with van der Waals surface area (Å²) in [6.07, 6.45) is 3.11. The van der Waals surface area contributed by atoms with Crippen LogP contribution >= 0.6 is 0 Å². The molecule has 3 heterocycles. The molecule has 3 amide bonds. The molecule has 0 atom stereocenters. The number of fused-ring (bicyclic) bond motifs is 1. The Morgan fingerprint density at radius 1 is 0.938 bits per heavy atom. The summed E-state index contributed by atoms with van der Waals surface area (Å²) in [4.78, 5) is 38.0. The zero-order valence-corrected chi connectivity index (χ0v) is 17.7. The number of rotatable bonds is 5. The summed E-state index contributed by atoms with van der Waals surface area (Å²) in [5.41, 5.74) is 8.66. The highest BCUT2D eigenvalue weighted by Gasteiger charge is 2.30. The Bertz CT molecular complexity index is 1190. The average Bonchev–Trinajstić information content (AvgIpc) is 3.58. The minimum atomic E-state index is -0.287. The number of piperidine rings is 1. The van der Waals surface area contributed by atoms with Crippen LogP contribution in [0.5, 0.6) is 0 Å². The summed E-state index contributed by atoms with van der Waals surface area (Å²) in [6.45, 7) is 1.08. The number of nitrogens with two attached hydrogens (primary N) is 1. The predicted molar refractivity (Wildman–Crippen MR) is 120 cm³/mol. The van der Waals surface area contributed by atoms with E-state index in [9.17, 15) is 14.4 Å². The van der Waals surface area contributed by atoms with Crippen molar-refractivity contribution in [3.05, 3.63) is 54.1 Å². The first kappa shape index (κ1) is 20.2. The quantitative estimate of drug-likeness (QED) is 0.647. The van der Waals surface area contributed by atoms with E-state index >= 15 is 0 Å². The summed E-state index contributed by atoms with van der Waals surface area (Å²) < 4.78 is 1.80.